The van der Waals surface area contributed by atoms with Crippen molar-refractivity contribution in [3.05, 3.63) is 34.6 Å². The summed E-state index contributed by atoms with van der Waals surface area (Å²) in [6, 6.07) is 1.21. The van der Waals surface area contributed by atoms with Crippen molar-refractivity contribution in [3.8, 4) is 0 Å². The molecule has 1 fully saturated rings. The minimum absolute atomic E-state index is 0. The summed E-state index contributed by atoms with van der Waals surface area (Å²) in [4.78, 5) is 1.27. The van der Waals surface area contributed by atoms with E-state index in [2.05, 4.69) is 5.32 Å². The molecule has 1 N–H and O–H groups in total. The molecule has 2 rings (SSSR count). The van der Waals surface area contributed by atoms with Crippen molar-refractivity contribution in [2.75, 3.05) is 26.2 Å². The van der Waals surface area contributed by atoms with Crippen LogP contribution in [0.1, 0.15) is 11.6 Å². The monoisotopic (exact) mass is 368 g/mol. The number of halogens is 7. The van der Waals surface area contributed by atoms with Crippen molar-refractivity contribution < 1.29 is 17.6 Å². The highest BCUT2D eigenvalue weighted by atomic mass is 35.5. The van der Waals surface area contributed by atoms with Gasteiger partial charge in [0.2, 0.25) is 0 Å². The number of benzene rings is 1. The molecule has 0 bridgehead atoms. The third kappa shape index (κ3) is 5.14. The summed E-state index contributed by atoms with van der Waals surface area (Å²) in [5.41, 5.74) is -0.226. The maximum atomic E-state index is 13.3. The predicted octanol–water partition coefficient (Wildman–Crippen LogP) is 3.83. The number of hydrogen-bond acceptors (Lipinski definition) is 2. The summed E-state index contributed by atoms with van der Waals surface area (Å²) in [6.07, 6.45) is -4.49. The lowest BCUT2D eigenvalue weighted by Gasteiger charge is -2.36. The molecule has 0 amide bonds. The Kier molecular flexibility index (Phi) is 8.28. The standard InChI is InChI=1S/C12H13ClF4N2.2ClH/c13-10-2-1-8(14)7-9(10)11(12(15,16)17)19-5-3-18-4-6-19;;/h1-2,7,11,18H,3-6H2;2*1H/t11-;;/m0../s1. The van der Waals surface area contributed by atoms with E-state index in [9.17, 15) is 17.6 Å². The van der Waals surface area contributed by atoms with Gasteiger partial charge in [-0.1, -0.05) is 11.6 Å². The zero-order valence-corrected chi connectivity index (χ0v) is 13.2. The number of nitrogens with one attached hydrogen (secondary N) is 1. The Morgan fingerprint density at radius 1 is 1.14 bits per heavy atom. The minimum atomic E-state index is -4.49. The quantitative estimate of drug-likeness (QED) is 0.797. The molecule has 1 aromatic rings. The first-order valence-electron chi connectivity index (χ1n) is 5.86. The molecular formula is C12H15Cl3F4N2. The molecule has 122 valence electrons. The van der Waals surface area contributed by atoms with Crippen LogP contribution in [0.2, 0.25) is 5.02 Å². The van der Waals surface area contributed by atoms with Crippen LogP contribution in [0.25, 0.3) is 0 Å². The van der Waals surface area contributed by atoms with Gasteiger partial charge in [0.05, 0.1) is 0 Å². The first-order chi connectivity index (χ1) is 8.89. The first-order valence-corrected chi connectivity index (χ1v) is 6.24. The molecule has 1 aromatic carbocycles. The van der Waals surface area contributed by atoms with Gasteiger partial charge in [0, 0.05) is 31.2 Å². The molecule has 0 aromatic heterocycles. The molecule has 0 aliphatic carbocycles. The Labute approximate surface area is 137 Å². The normalized spacial score (nSPS) is 17.6. The highest BCUT2D eigenvalue weighted by Crippen LogP contribution is 2.40. The fourth-order valence-corrected chi connectivity index (χ4v) is 2.47. The average molecular weight is 370 g/mol. The maximum absolute atomic E-state index is 13.3. The van der Waals surface area contributed by atoms with E-state index >= 15 is 0 Å². The van der Waals surface area contributed by atoms with Gasteiger partial charge in [0.25, 0.3) is 0 Å². The molecule has 0 unspecified atom stereocenters. The smallest absolute Gasteiger partial charge is 0.314 e. The zero-order valence-electron chi connectivity index (χ0n) is 10.8. The van der Waals surface area contributed by atoms with Crippen molar-refractivity contribution in [2.45, 2.75) is 12.2 Å². The van der Waals surface area contributed by atoms with E-state index < -0.39 is 18.0 Å². The molecule has 21 heavy (non-hydrogen) atoms. The third-order valence-corrected chi connectivity index (χ3v) is 3.42. The van der Waals surface area contributed by atoms with Crippen LogP contribution >= 0.6 is 36.4 Å². The summed E-state index contributed by atoms with van der Waals surface area (Å²) in [7, 11) is 0. The van der Waals surface area contributed by atoms with Crippen molar-refractivity contribution in [1.29, 1.82) is 0 Å². The van der Waals surface area contributed by atoms with Gasteiger partial charge in [-0.05, 0) is 23.8 Å². The molecule has 1 aliphatic rings. The van der Waals surface area contributed by atoms with E-state index in [1.54, 1.807) is 0 Å². The maximum Gasteiger partial charge on any atom is 0.408 e. The summed E-state index contributed by atoms with van der Waals surface area (Å²) in [5, 5.41) is 2.92. The van der Waals surface area contributed by atoms with Crippen LogP contribution in [0.4, 0.5) is 17.6 Å². The Hall–Kier alpha value is -0.270. The minimum Gasteiger partial charge on any atom is -0.314 e. The van der Waals surface area contributed by atoms with Crippen molar-refractivity contribution in [3.63, 3.8) is 0 Å². The van der Waals surface area contributed by atoms with Crippen molar-refractivity contribution in [1.82, 2.24) is 10.2 Å². The molecule has 9 heteroatoms. The lowest BCUT2D eigenvalue weighted by Crippen LogP contribution is -2.49. The highest BCUT2D eigenvalue weighted by Gasteiger charge is 2.45. The fourth-order valence-electron chi connectivity index (χ4n) is 2.24. The van der Waals surface area contributed by atoms with Gasteiger partial charge in [0.1, 0.15) is 11.9 Å². The second-order valence-electron chi connectivity index (χ2n) is 4.40. The topological polar surface area (TPSA) is 15.3 Å². The second kappa shape index (κ2) is 8.39. The number of rotatable bonds is 2. The van der Waals surface area contributed by atoms with E-state index in [1.807, 2.05) is 0 Å². The van der Waals surface area contributed by atoms with Gasteiger partial charge < -0.3 is 5.32 Å². The van der Waals surface area contributed by atoms with Crippen LogP contribution in [0.5, 0.6) is 0 Å². The van der Waals surface area contributed by atoms with Crippen LogP contribution in [0, 0.1) is 5.82 Å². The van der Waals surface area contributed by atoms with Gasteiger partial charge in [-0.25, -0.2) is 4.39 Å². The lowest BCUT2D eigenvalue weighted by molar-refractivity contribution is -0.187. The largest absolute Gasteiger partial charge is 0.408 e. The first kappa shape index (κ1) is 20.7. The van der Waals surface area contributed by atoms with E-state index in [1.165, 1.54) is 4.90 Å². The Morgan fingerprint density at radius 2 is 1.71 bits per heavy atom. The number of piperazine rings is 1. The Bertz CT molecular complexity index is 451. The Balaban J connectivity index is 0.00000200. The molecule has 0 radical (unpaired) electrons. The molecule has 2 nitrogen and oxygen atoms in total. The molecule has 1 aliphatic heterocycles. The van der Waals surface area contributed by atoms with Crippen molar-refractivity contribution in [2.24, 2.45) is 0 Å². The van der Waals surface area contributed by atoms with E-state index in [-0.39, 0.29) is 48.5 Å². The number of alkyl halides is 3. The third-order valence-electron chi connectivity index (χ3n) is 3.08. The molecule has 1 saturated heterocycles. The van der Waals surface area contributed by atoms with Crippen LogP contribution in [-0.2, 0) is 0 Å². The van der Waals surface area contributed by atoms with E-state index in [4.69, 9.17) is 11.6 Å². The molecular weight excluding hydrogens is 354 g/mol. The molecule has 0 saturated carbocycles. The molecule has 0 spiro atoms. The van der Waals surface area contributed by atoms with E-state index in [0.717, 1.165) is 18.2 Å². The number of hydrogen-bond donors (Lipinski definition) is 1. The highest BCUT2D eigenvalue weighted by molar-refractivity contribution is 6.31. The van der Waals surface area contributed by atoms with Gasteiger partial charge in [-0.15, -0.1) is 24.8 Å². The predicted molar refractivity (Wildman–Crippen MR) is 79.1 cm³/mol. The number of nitrogens with zero attached hydrogens (tertiary/aromatic N) is 1. The van der Waals surface area contributed by atoms with Gasteiger partial charge in [-0.2, -0.15) is 13.2 Å². The van der Waals surface area contributed by atoms with Gasteiger partial charge in [-0.3, -0.25) is 4.90 Å². The summed E-state index contributed by atoms with van der Waals surface area (Å²) < 4.78 is 53.0. The van der Waals surface area contributed by atoms with Gasteiger partial charge in [0.15, 0.2) is 0 Å². The SMILES string of the molecule is Cl.Cl.Fc1ccc(Cl)c([C@H](N2CCNCC2)C(F)(F)F)c1. The van der Waals surface area contributed by atoms with Crippen molar-refractivity contribution >= 4 is 36.4 Å². The summed E-state index contributed by atoms with van der Waals surface area (Å²) >= 11 is 5.81. The van der Waals surface area contributed by atoms with E-state index in [0.29, 0.717) is 13.1 Å². The lowest BCUT2D eigenvalue weighted by atomic mass is 10.0. The fraction of sp³-hybridized carbons (Fsp3) is 0.500. The van der Waals surface area contributed by atoms with Crippen LogP contribution < -0.4 is 5.32 Å². The van der Waals surface area contributed by atoms with Gasteiger partial charge >= 0.3 is 6.18 Å². The summed E-state index contributed by atoms with van der Waals surface area (Å²) in [5.74, 6) is -0.719. The second-order valence-corrected chi connectivity index (χ2v) is 4.80. The zero-order chi connectivity index (χ0) is 14.0. The summed E-state index contributed by atoms with van der Waals surface area (Å²) in [6.45, 7) is 1.44. The van der Waals surface area contributed by atoms with Crippen LogP contribution in [0.15, 0.2) is 18.2 Å². The van der Waals surface area contributed by atoms with Crippen LogP contribution in [-0.4, -0.2) is 37.3 Å². The molecule has 1 heterocycles. The van der Waals surface area contributed by atoms with Crippen LogP contribution in [0.3, 0.4) is 0 Å². The average Bonchev–Trinajstić information content (AvgIpc) is 2.33. The Morgan fingerprint density at radius 3 is 2.24 bits per heavy atom. The molecule has 1 atom stereocenters.